The van der Waals surface area contributed by atoms with Gasteiger partial charge in [0.2, 0.25) is 0 Å². The van der Waals surface area contributed by atoms with Gasteiger partial charge in [0, 0.05) is 5.56 Å². The third kappa shape index (κ3) is 4.20. The fourth-order valence-electron chi connectivity index (χ4n) is 2.92. The van der Waals surface area contributed by atoms with E-state index in [0.717, 1.165) is 0 Å². The summed E-state index contributed by atoms with van der Waals surface area (Å²) in [5, 5.41) is 0. The molecule has 0 unspecified atom stereocenters. The van der Waals surface area contributed by atoms with Crippen molar-refractivity contribution in [2.75, 3.05) is 0 Å². The van der Waals surface area contributed by atoms with Crippen molar-refractivity contribution in [1.82, 2.24) is 0 Å². The van der Waals surface area contributed by atoms with Crippen molar-refractivity contribution in [1.29, 1.82) is 0 Å². The third-order valence-electron chi connectivity index (χ3n) is 4.01. The lowest BCUT2D eigenvalue weighted by Crippen LogP contribution is -2.11. The average Bonchev–Trinajstić information content (AvgIpc) is 2.65. The number of rotatable bonds is 5. The first-order valence-corrected chi connectivity index (χ1v) is 11.0. The monoisotopic (exact) mass is 416 g/mol. The molecule has 0 amide bonds. The van der Waals surface area contributed by atoms with Crippen molar-refractivity contribution in [3.63, 3.8) is 0 Å². The van der Waals surface area contributed by atoms with Crippen LogP contribution in [0.1, 0.15) is 11.1 Å². The Labute approximate surface area is 163 Å². The van der Waals surface area contributed by atoms with Gasteiger partial charge in [-0.3, -0.25) is 9.11 Å². The molecule has 0 radical (unpaired) electrons. The molecule has 0 aliphatic heterocycles. The minimum absolute atomic E-state index is 0.0484. The van der Waals surface area contributed by atoms with Crippen molar-refractivity contribution in [3.05, 3.63) is 96.1 Å². The van der Waals surface area contributed by atoms with E-state index in [2.05, 4.69) is 0 Å². The van der Waals surface area contributed by atoms with E-state index in [9.17, 15) is 25.9 Å². The molecular weight excluding hydrogens is 400 g/mol. The summed E-state index contributed by atoms with van der Waals surface area (Å²) in [5.74, 6) is 0. The maximum atomic E-state index is 12.3. The molecule has 8 heteroatoms. The molecule has 144 valence electrons. The maximum Gasteiger partial charge on any atom is 0.296 e. The zero-order chi connectivity index (χ0) is 20.4. The fourth-order valence-corrected chi connectivity index (χ4v) is 5.13. The molecule has 0 saturated heterocycles. The van der Waals surface area contributed by atoms with Crippen molar-refractivity contribution >= 4 is 30.0 Å². The van der Waals surface area contributed by atoms with Gasteiger partial charge in [-0.05, 0) is 16.7 Å². The average molecular weight is 416 g/mol. The van der Waals surface area contributed by atoms with Crippen LogP contribution in [-0.2, 0) is 20.2 Å². The van der Waals surface area contributed by atoms with Crippen LogP contribution >= 0.6 is 0 Å². The minimum atomic E-state index is -5.04. The van der Waals surface area contributed by atoms with Crippen molar-refractivity contribution in [2.24, 2.45) is 0 Å². The van der Waals surface area contributed by atoms with Crippen molar-refractivity contribution in [3.8, 4) is 11.1 Å². The van der Waals surface area contributed by atoms with Crippen LogP contribution < -0.4 is 0 Å². The Morgan fingerprint density at radius 3 is 1.57 bits per heavy atom. The van der Waals surface area contributed by atoms with Gasteiger partial charge in [-0.2, -0.15) is 16.8 Å². The Balaban J connectivity index is 2.49. The highest BCUT2D eigenvalue weighted by atomic mass is 32.2. The van der Waals surface area contributed by atoms with E-state index < -0.39 is 30.0 Å². The van der Waals surface area contributed by atoms with Gasteiger partial charge in [-0.25, -0.2) is 0 Å². The molecule has 28 heavy (non-hydrogen) atoms. The van der Waals surface area contributed by atoms with Crippen LogP contribution in [0.2, 0.25) is 0 Å². The van der Waals surface area contributed by atoms with Crippen LogP contribution in [0.25, 0.3) is 20.9 Å². The highest BCUT2D eigenvalue weighted by Crippen LogP contribution is 2.38. The molecule has 0 heterocycles. The topological polar surface area (TPSA) is 109 Å². The third-order valence-corrected chi connectivity index (χ3v) is 6.04. The van der Waals surface area contributed by atoms with Crippen LogP contribution in [0.15, 0.2) is 84.9 Å². The van der Waals surface area contributed by atoms with Gasteiger partial charge in [-0.1, -0.05) is 84.9 Å². The van der Waals surface area contributed by atoms with Crippen molar-refractivity contribution < 1.29 is 25.9 Å². The summed E-state index contributed by atoms with van der Waals surface area (Å²) < 4.78 is 68.7. The Bertz CT molecular complexity index is 1230. The lowest BCUT2D eigenvalue weighted by molar-refractivity contribution is 0.491. The van der Waals surface area contributed by atoms with Crippen LogP contribution in [0.5, 0.6) is 0 Å². The molecule has 6 nitrogen and oxygen atoms in total. The van der Waals surface area contributed by atoms with Crippen molar-refractivity contribution in [2.45, 2.75) is 0 Å². The standard InChI is InChI=1S/C20H16O6S2/c21-27(22,23)19(16-11-5-2-6-12-16)20(28(24,25)26)18-14-8-7-13-17(18)15-9-3-1-4-10-15/h1-14H,(H,21,22,23)(H,24,25,26). The predicted molar refractivity (Wildman–Crippen MR) is 108 cm³/mol. The van der Waals surface area contributed by atoms with Gasteiger partial charge < -0.3 is 0 Å². The summed E-state index contributed by atoms with van der Waals surface area (Å²) >= 11 is 0. The van der Waals surface area contributed by atoms with E-state index in [-0.39, 0.29) is 11.1 Å². The predicted octanol–water partition coefficient (Wildman–Crippen LogP) is 3.96. The molecule has 2 N–H and O–H groups in total. The maximum absolute atomic E-state index is 12.3. The van der Waals surface area contributed by atoms with Gasteiger partial charge >= 0.3 is 0 Å². The number of hydrogen-bond acceptors (Lipinski definition) is 4. The van der Waals surface area contributed by atoms with Gasteiger partial charge in [0.1, 0.15) is 9.81 Å². The summed E-state index contributed by atoms with van der Waals surface area (Å²) in [6, 6.07) is 22.1. The lowest BCUT2D eigenvalue weighted by atomic mass is 9.98. The van der Waals surface area contributed by atoms with E-state index in [1.54, 1.807) is 48.5 Å². The highest BCUT2D eigenvalue weighted by Gasteiger charge is 2.31. The Morgan fingerprint density at radius 2 is 1.04 bits per heavy atom. The first kappa shape index (κ1) is 20.0. The first-order valence-electron chi connectivity index (χ1n) is 8.09. The molecule has 0 aliphatic carbocycles. The summed E-state index contributed by atoms with van der Waals surface area (Å²) in [7, 11) is -10.0. The van der Waals surface area contributed by atoms with Gasteiger partial charge in [0.25, 0.3) is 20.2 Å². The van der Waals surface area contributed by atoms with E-state index in [0.29, 0.717) is 11.1 Å². The molecule has 0 aromatic heterocycles. The normalized spacial score (nSPS) is 13.1. The van der Waals surface area contributed by atoms with Gasteiger partial charge in [-0.15, -0.1) is 0 Å². The Hall–Kier alpha value is -2.78. The molecule has 0 atom stereocenters. The first-order chi connectivity index (χ1) is 13.2. The van der Waals surface area contributed by atoms with E-state index >= 15 is 0 Å². The van der Waals surface area contributed by atoms with E-state index in [1.165, 1.54) is 36.4 Å². The molecule has 0 saturated carbocycles. The zero-order valence-electron chi connectivity index (χ0n) is 14.4. The van der Waals surface area contributed by atoms with Crippen LogP contribution in [0, 0.1) is 0 Å². The second-order valence-corrected chi connectivity index (χ2v) is 8.60. The molecule has 3 aromatic carbocycles. The minimum Gasteiger partial charge on any atom is -0.282 e. The molecule has 0 aliphatic rings. The second kappa shape index (κ2) is 7.69. The molecule has 0 bridgehead atoms. The molecular formula is C20H16O6S2. The number of benzene rings is 3. The SMILES string of the molecule is O=S(=O)(O)C(=C(c1ccccc1-c1ccccc1)S(=O)(=O)O)c1ccccc1. The quantitative estimate of drug-likeness (QED) is 0.481. The smallest absolute Gasteiger partial charge is 0.282 e. The summed E-state index contributed by atoms with van der Waals surface area (Å²) in [5.41, 5.74) is 0.878. The zero-order valence-corrected chi connectivity index (χ0v) is 16.1. The van der Waals surface area contributed by atoms with E-state index in [1.807, 2.05) is 0 Å². The summed E-state index contributed by atoms with van der Waals surface area (Å²) in [6.07, 6.45) is 0. The van der Waals surface area contributed by atoms with Crippen LogP contribution in [-0.4, -0.2) is 25.9 Å². The molecule has 0 spiro atoms. The fraction of sp³-hybridized carbons (Fsp3) is 0. The Kier molecular flexibility index (Phi) is 5.48. The number of hydrogen-bond donors (Lipinski definition) is 2. The second-order valence-electron chi connectivity index (χ2n) is 5.89. The summed E-state index contributed by atoms with van der Waals surface area (Å²) in [4.78, 5) is -1.78. The highest BCUT2D eigenvalue weighted by molar-refractivity contribution is 8.01. The van der Waals surface area contributed by atoms with Gasteiger partial charge in [0.05, 0.1) is 0 Å². The van der Waals surface area contributed by atoms with E-state index in [4.69, 9.17) is 0 Å². The lowest BCUT2D eigenvalue weighted by Gasteiger charge is -2.15. The Morgan fingerprint density at radius 1 is 0.571 bits per heavy atom. The molecule has 3 aromatic rings. The molecule has 0 fully saturated rings. The summed E-state index contributed by atoms with van der Waals surface area (Å²) in [6.45, 7) is 0. The molecule has 3 rings (SSSR count). The van der Waals surface area contributed by atoms with Crippen LogP contribution in [0.3, 0.4) is 0 Å². The largest absolute Gasteiger partial charge is 0.296 e. The van der Waals surface area contributed by atoms with Gasteiger partial charge in [0.15, 0.2) is 0 Å². The van der Waals surface area contributed by atoms with Crippen LogP contribution in [0.4, 0.5) is 0 Å².